The second-order valence-electron chi connectivity index (χ2n) is 5.39. The highest BCUT2D eigenvalue weighted by Gasteiger charge is 2.23. The van der Waals surface area contributed by atoms with E-state index in [0.29, 0.717) is 15.7 Å². The van der Waals surface area contributed by atoms with Gasteiger partial charge >= 0.3 is 0 Å². The van der Waals surface area contributed by atoms with Gasteiger partial charge in [0.15, 0.2) is 6.04 Å². The summed E-state index contributed by atoms with van der Waals surface area (Å²) in [7, 11) is 2.02. The van der Waals surface area contributed by atoms with Gasteiger partial charge in [0.05, 0.1) is 22.6 Å². The molecule has 2 rings (SSSR count). The summed E-state index contributed by atoms with van der Waals surface area (Å²) in [5.41, 5.74) is 1.82. The quantitative estimate of drug-likeness (QED) is 0.844. The zero-order valence-corrected chi connectivity index (χ0v) is 15.1. The number of aryl methyl sites for hydroxylation is 1. The summed E-state index contributed by atoms with van der Waals surface area (Å²) in [6.45, 7) is 4.82. The molecule has 1 amide bonds. The SMILES string of the molecule is Cc1ccsc1C[NH+](C)[C@H](C)C(=O)Nc1cc(Cl)ccc1Cl. The molecule has 22 heavy (non-hydrogen) atoms. The molecule has 6 heteroatoms. The molecule has 1 aromatic carbocycles. The van der Waals surface area contributed by atoms with Crippen LogP contribution >= 0.6 is 34.5 Å². The fraction of sp³-hybridized carbons (Fsp3) is 0.312. The number of benzene rings is 1. The number of hydrogen-bond donors (Lipinski definition) is 2. The second-order valence-corrected chi connectivity index (χ2v) is 7.23. The summed E-state index contributed by atoms with van der Waals surface area (Å²) in [6, 6.07) is 6.93. The largest absolute Gasteiger partial charge is 0.323 e. The average molecular weight is 358 g/mol. The molecule has 0 saturated carbocycles. The first-order valence-corrected chi connectivity index (χ1v) is 8.63. The summed E-state index contributed by atoms with van der Waals surface area (Å²) >= 11 is 13.7. The van der Waals surface area contributed by atoms with Gasteiger partial charge in [0.25, 0.3) is 5.91 Å². The number of carbonyl (C=O) groups is 1. The van der Waals surface area contributed by atoms with Crippen molar-refractivity contribution in [3.8, 4) is 0 Å². The van der Waals surface area contributed by atoms with Crippen molar-refractivity contribution < 1.29 is 9.69 Å². The fourth-order valence-electron chi connectivity index (χ4n) is 2.05. The molecule has 0 aliphatic carbocycles. The van der Waals surface area contributed by atoms with Crippen LogP contribution in [0.4, 0.5) is 5.69 Å². The highest BCUT2D eigenvalue weighted by atomic mass is 35.5. The van der Waals surface area contributed by atoms with Gasteiger partial charge < -0.3 is 10.2 Å². The molecule has 0 spiro atoms. The third-order valence-corrected chi connectivity index (χ3v) is 5.31. The Morgan fingerprint density at radius 2 is 2.09 bits per heavy atom. The Hall–Kier alpha value is -1.07. The van der Waals surface area contributed by atoms with E-state index in [1.165, 1.54) is 10.4 Å². The zero-order chi connectivity index (χ0) is 16.3. The van der Waals surface area contributed by atoms with Crippen LogP contribution in [0.3, 0.4) is 0 Å². The van der Waals surface area contributed by atoms with Crippen molar-refractivity contribution in [3.05, 3.63) is 50.1 Å². The molecule has 1 heterocycles. The van der Waals surface area contributed by atoms with Crippen molar-refractivity contribution in [1.29, 1.82) is 0 Å². The number of anilines is 1. The molecular weight excluding hydrogens is 339 g/mol. The van der Waals surface area contributed by atoms with E-state index >= 15 is 0 Å². The maximum atomic E-state index is 12.4. The highest BCUT2D eigenvalue weighted by molar-refractivity contribution is 7.10. The van der Waals surface area contributed by atoms with Gasteiger partial charge in [0.2, 0.25) is 0 Å². The minimum absolute atomic E-state index is 0.0733. The van der Waals surface area contributed by atoms with Crippen molar-refractivity contribution in [2.45, 2.75) is 26.4 Å². The van der Waals surface area contributed by atoms with Gasteiger partial charge in [-0.05, 0) is 49.1 Å². The summed E-state index contributed by atoms with van der Waals surface area (Å²) in [5, 5.41) is 5.96. The average Bonchev–Trinajstić information content (AvgIpc) is 2.87. The predicted octanol–water partition coefficient (Wildman–Crippen LogP) is 3.41. The van der Waals surface area contributed by atoms with E-state index in [2.05, 4.69) is 23.7 Å². The molecule has 3 nitrogen and oxygen atoms in total. The predicted molar refractivity (Wildman–Crippen MR) is 94.2 cm³/mol. The number of quaternary nitrogens is 1. The van der Waals surface area contributed by atoms with E-state index in [1.54, 1.807) is 29.5 Å². The number of halogens is 2. The van der Waals surface area contributed by atoms with Crippen molar-refractivity contribution in [2.75, 3.05) is 12.4 Å². The van der Waals surface area contributed by atoms with E-state index in [0.717, 1.165) is 11.4 Å². The van der Waals surface area contributed by atoms with Crippen LogP contribution in [0.15, 0.2) is 29.6 Å². The minimum atomic E-state index is -0.198. The first-order valence-electron chi connectivity index (χ1n) is 6.99. The molecule has 0 aliphatic rings. The molecule has 2 atom stereocenters. The van der Waals surface area contributed by atoms with E-state index in [4.69, 9.17) is 23.2 Å². The molecule has 0 radical (unpaired) electrons. The van der Waals surface area contributed by atoms with Gasteiger partial charge in [0, 0.05) is 5.02 Å². The maximum absolute atomic E-state index is 12.4. The summed E-state index contributed by atoms with van der Waals surface area (Å²) in [6.07, 6.45) is 0. The number of nitrogens with one attached hydrogen (secondary N) is 2. The van der Waals surface area contributed by atoms with Crippen LogP contribution in [-0.4, -0.2) is 19.0 Å². The summed E-state index contributed by atoms with van der Waals surface area (Å²) in [5.74, 6) is -0.0733. The smallest absolute Gasteiger partial charge is 0.282 e. The van der Waals surface area contributed by atoms with Crippen molar-refractivity contribution in [1.82, 2.24) is 0 Å². The van der Waals surface area contributed by atoms with Gasteiger partial charge in [0.1, 0.15) is 6.54 Å². The van der Waals surface area contributed by atoms with E-state index in [9.17, 15) is 4.79 Å². The van der Waals surface area contributed by atoms with E-state index in [1.807, 2.05) is 14.0 Å². The van der Waals surface area contributed by atoms with E-state index < -0.39 is 0 Å². The lowest BCUT2D eigenvalue weighted by Gasteiger charge is -2.21. The van der Waals surface area contributed by atoms with Crippen LogP contribution in [0.5, 0.6) is 0 Å². The molecule has 0 fully saturated rings. The fourth-order valence-corrected chi connectivity index (χ4v) is 3.39. The maximum Gasteiger partial charge on any atom is 0.282 e. The van der Waals surface area contributed by atoms with Crippen LogP contribution in [0.2, 0.25) is 10.0 Å². The molecule has 0 aliphatic heterocycles. The number of thiophene rings is 1. The highest BCUT2D eigenvalue weighted by Crippen LogP contribution is 2.25. The first-order chi connectivity index (χ1) is 10.4. The molecule has 2 aromatic rings. The first kappa shape index (κ1) is 17.3. The summed E-state index contributed by atoms with van der Waals surface area (Å²) < 4.78 is 0. The van der Waals surface area contributed by atoms with Crippen molar-refractivity contribution >= 4 is 46.1 Å². The van der Waals surface area contributed by atoms with Crippen LogP contribution in [0.25, 0.3) is 0 Å². The van der Waals surface area contributed by atoms with E-state index in [-0.39, 0.29) is 11.9 Å². The monoisotopic (exact) mass is 357 g/mol. The number of likely N-dealkylation sites (N-methyl/N-ethyl adjacent to an activating group) is 1. The molecule has 0 bridgehead atoms. The summed E-state index contributed by atoms with van der Waals surface area (Å²) in [4.78, 5) is 14.8. The van der Waals surface area contributed by atoms with Crippen molar-refractivity contribution in [2.24, 2.45) is 0 Å². The van der Waals surface area contributed by atoms with Crippen molar-refractivity contribution in [3.63, 3.8) is 0 Å². The molecule has 118 valence electrons. The topological polar surface area (TPSA) is 33.5 Å². The molecule has 1 unspecified atom stereocenters. The standard InChI is InChI=1S/C16H18Cl2N2OS/c1-10-6-7-22-15(10)9-20(3)11(2)16(21)19-14-8-12(17)4-5-13(14)18/h4-8,11H,9H2,1-3H3,(H,19,21)/p+1/t11-/m1/s1. The Bertz CT molecular complexity index is 672. The third-order valence-electron chi connectivity index (χ3n) is 3.73. The normalized spacial score (nSPS) is 13.7. The van der Waals surface area contributed by atoms with Gasteiger partial charge in [-0.2, -0.15) is 0 Å². The van der Waals surface area contributed by atoms with Crippen LogP contribution in [0.1, 0.15) is 17.4 Å². The number of rotatable bonds is 5. The van der Waals surface area contributed by atoms with Crippen LogP contribution < -0.4 is 10.2 Å². The lowest BCUT2D eigenvalue weighted by molar-refractivity contribution is -0.907. The Kier molecular flexibility index (Phi) is 5.87. The number of carbonyl (C=O) groups excluding carboxylic acids is 1. The molecule has 1 aromatic heterocycles. The lowest BCUT2D eigenvalue weighted by atomic mass is 10.2. The third kappa shape index (κ3) is 4.23. The Morgan fingerprint density at radius 1 is 1.36 bits per heavy atom. The Labute approximate surface area is 144 Å². The minimum Gasteiger partial charge on any atom is -0.323 e. The Balaban J connectivity index is 2.02. The van der Waals surface area contributed by atoms with Gasteiger partial charge in [-0.15, -0.1) is 11.3 Å². The van der Waals surface area contributed by atoms with Gasteiger partial charge in [-0.3, -0.25) is 4.79 Å². The molecular formula is C16H19Cl2N2OS+. The number of amides is 1. The van der Waals surface area contributed by atoms with Gasteiger partial charge in [-0.25, -0.2) is 0 Å². The Morgan fingerprint density at radius 3 is 2.73 bits per heavy atom. The van der Waals surface area contributed by atoms with Crippen LogP contribution in [0, 0.1) is 6.92 Å². The second kappa shape index (κ2) is 7.47. The molecule has 2 N–H and O–H groups in total. The van der Waals surface area contributed by atoms with Crippen LogP contribution in [-0.2, 0) is 11.3 Å². The zero-order valence-electron chi connectivity index (χ0n) is 12.7. The lowest BCUT2D eigenvalue weighted by Crippen LogP contribution is -3.12. The number of hydrogen-bond acceptors (Lipinski definition) is 2. The molecule has 0 saturated heterocycles. The van der Waals surface area contributed by atoms with Gasteiger partial charge in [-0.1, -0.05) is 23.2 Å².